The number of nitrogens with zero attached hydrogens (tertiary/aromatic N) is 1. The molecular formula is C15H19NO2. The monoisotopic (exact) mass is 245 g/mol. The van der Waals surface area contributed by atoms with E-state index in [9.17, 15) is 9.59 Å². The van der Waals surface area contributed by atoms with Crippen LogP contribution in [0.25, 0.3) is 0 Å². The van der Waals surface area contributed by atoms with Crippen molar-refractivity contribution in [2.24, 2.45) is 0 Å². The van der Waals surface area contributed by atoms with E-state index < -0.39 is 5.41 Å². The fourth-order valence-electron chi connectivity index (χ4n) is 2.25. The quantitative estimate of drug-likeness (QED) is 0.802. The fourth-order valence-corrected chi connectivity index (χ4v) is 2.25. The second-order valence-corrected chi connectivity index (χ2v) is 5.48. The number of ketones is 1. The summed E-state index contributed by atoms with van der Waals surface area (Å²) in [6, 6.07) is 5.97. The van der Waals surface area contributed by atoms with Crippen molar-refractivity contribution in [3.05, 3.63) is 29.3 Å². The van der Waals surface area contributed by atoms with Crippen molar-refractivity contribution in [2.75, 3.05) is 11.9 Å². The summed E-state index contributed by atoms with van der Waals surface area (Å²) in [6.07, 6.45) is 1.31. The van der Waals surface area contributed by atoms with Gasteiger partial charge in [0.2, 0.25) is 5.91 Å². The molecule has 0 atom stereocenters. The number of aryl methyl sites for hydroxylation is 1. The average molecular weight is 245 g/mol. The van der Waals surface area contributed by atoms with E-state index in [1.807, 2.05) is 26.0 Å². The van der Waals surface area contributed by atoms with Crippen LogP contribution in [0.3, 0.4) is 0 Å². The molecule has 0 radical (unpaired) electrons. The summed E-state index contributed by atoms with van der Waals surface area (Å²) < 4.78 is 0. The summed E-state index contributed by atoms with van der Waals surface area (Å²) in [7, 11) is 1.80. The van der Waals surface area contributed by atoms with Crippen molar-refractivity contribution in [3.63, 3.8) is 0 Å². The van der Waals surface area contributed by atoms with E-state index in [1.54, 1.807) is 18.9 Å². The third-order valence-electron chi connectivity index (χ3n) is 4.02. The highest BCUT2D eigenvalue weighted by molar-refractivity contribution is 5.96. The van der Waals surface area contributed by atoms with E-state index in [0.29, 0.717) is 6.42 Å². The van der Waals surface area contributed by atoms with E-state index in [1.165, 1.54) is 0 Å². The maximum absolute atomic E-state index is 11.7. The number of benzene rings is 1. The zero-order chi connectivity index (χ0) is 13.5. The molecule has 0 spiro atoms. The third kappa shape index (κ3) is 1.94. The van der Waals surface area contributed by atoms with Gasteiger partial charge in [-0.1, -0.05) is 12.1 Å². The Hall–Kier alpha value is -1.64. The molecule has 1 amide bonds. The Labute approximate surface area is 108 Å². The Balaban J connectivity index is 2.46. The molecule has 0 aromatic heterocycles. The number of anilines is 1. The Morgan fingerprint density at radius 2 is 1.94 bits per heavy atom. The van der Waals surface area contributed by atoms with Gasteiger partial charge in [-0.2, -0.15) is 0 Å². The van der Waals surface area contributed by atoms with Crippen LogP contribution in [0.4, 0.5) is 5.69 Å². The maximum Gasteiger partial charge on any atom is 0.227 e. The van der Waals surface area contributed by atoms with E-state index in [2.05, 4.69) is 6.07 Å². The Bertz CT molecular complexity index is 517. The van der Waals surface area contributed by atoms with Gasteiger partial charge in [-0.15, -0.1) is 0 Å². The van der Waals surface area contributed by atoms with Crippen LogP contribution in [0, 0.1) is 0 Å². The van der Waals surface area contributed by atoms with Gasteiger partial charge in [0, 0.05) is 24.6 Å². The number of hydrogen-bond donors (Lipinski definition) is 0. The number of carbonyl (C=O) groups is 2. The molecule has 0 bridgehead atoms. The van der Waals surface area contributed by atoms with Crippen LogP contribution < -0.4 is 4.90 Å². The third-order valence-corrected chi connectivity index (χ3v) is 4.02. The van der Waals surface area contributed by atoms with Crippen molar-refractivity contribution in [3.8, 4) is 0 Å². The minimum Gasteiger partial charge on any atom is -0.315 e. The van der Waals surface area contributed by atoms with Gasteiger partial charge in [0.1, 0.15) is 5.78 Å². The van der Waals surface area contributed by atoms with Crippen molar-refractivity contribution in [1.82, 2.24) is 0 Å². The van der Waals surface area contributed by atoms with Gasteiger partial charge in [0.25, 0.3) is 0 Å². The highest BCUT2D eigenvalue weighted by atomic mass is 16.2. The summed E-state index contributed by atoms with van der Waals surface area (Å²) >= 11 is 0. The molecule has 1 aliphatic rings. The molecule has 0 aliphatic carbocycles. The summed E-state index contributed by atoms with van der Waals surface area (Å²) in [4.78, 5) is 25.0. The van der Waals surface area contributed by atoms with Crippen LogP contribution in [0.1, 0.15) is 38.3 Å². The number of fused-ring (bicyclic) bond motifs is 1. The highest BCUT2D eigenvalue weighted by Gasteiger charge is 2.28. The molecule has 1 aliphatic heterocycles. The van der Waals surface area contributed by atoms with Gasteiger partial charge in [-0.3, -0.25) is 9.59 Å². The van der Waals surface area contributed by atoms with E-state index in [-0.39, 0.29) is 11.7 Å². The van der Waals surface area contributed by atoms with Gasteiger partial charge in [0.05, 0.1) is 0 Å². The van der Waals surface area contributed by atoms with E-state index in [0.717, 1.165) is 23.2 Å². The number of hydrogen-bond acceptors (Lipinski definition) is 2. The van der Waals surface area contributed by atoms with E-state index in [4.69, 9.17) is 0 Å². The summed E-state index contributed by atoms with van der Waals surface area (Å²) in [5.41, 5.74) is 2.68. The molecule has 0 saturated heterocycles. The molecular weight excluding hydrogens is 226 g/mol. The summed E-state index contributed by atoms with van der Waals surface area (Å²) in [6.45, 7) is 5.50. The topological polar surface area (TPSA) is 37.4 Å². The first kappa shape index (κ1) is 12.8. The Morgan fingerprint density at radius 3 is 2.56 bits per heavy atom. The molecule has 3 nitrogen and oxygen atoms in total. The standard InChI is InChI=1S/C15H19NO2/c1-10(17)15(2,3)12-6-7-13-11(9-12)5-8-14(18)16(13)4/h6-7,9H,5,8H2,1-4H3. The number of amides is 1. The first-order valence-corrected chi connectivity index (χ1v) is 6.25. The second-order valence-electron chi connectivity index (χ2n) is 5.48. The van der Waals surface area contributed by atoms with Gasteiger partial charge < -0.3 is 4.90 Å². The molecule has 0 saturated carbocycles. The smallest absolute Gasteiger partial charge is 0.227 e. The zero-order valence-corrected chi connectivity index (χ0v) is 11.4. The SMILES string of the molecule is CC(=O)C(C)(C)c1ccc2c(c1)CCC(=O)N2C. The van der Waals surface area contributed by atoms with Crippen LogP contribution in [-0.2, 0) is 21.4 Å². The molecule has 3 heteroatoms. The zero-order valence-electron chi connectivity index (χ0n) is 11.4. The molecule has 1 heterocycles. The molecule has 18 heavy (non-hydrogen) atoms. The predicted octanol–water partition coefficient (Wildman–Crippen LogP) is 2.46. The molecule has 0 unspecified atom stereocenters. The second kappa shape index (κ2) is 4.23. The van der Waals surface area contributed by atoms with Gasteiger partial charge in [0.15, 0.2) is 0 Å². The lowest BCUT2D eigenvalue weighted by molar-refractivity contribution is -0.121. The van der Waals surface area contributed by atoms with Crippen LogP contribution in [0.15, 0.2) is 18.2 Å². The Morgan fingerprint density at radius 1 is 1.28 bits per heavy atom. The van der Waals surface area contributed by atoms with Crippen molar-refractivity contribution in [2.45, 2.75) is 39.0 Å². The van der Waals surface area contributed by atoms with Gasteiger partial charge in [-0.05, 0) is 44.4 Å². The highest BCUT2D eigenvalue weighted by Crippen LogP contribution is 2.32. The van der Waals surface area contributed by atoms with Crippen LogP contribution in [0.5, 0.6) is 0 Å². The minimum atomic E-state index is -0.463. The Kier molecular flexibility index (Phi) is 3.01. The largest absolute Gasteiger partial charge is 0.315 e. The first-order valence-electron chi connectivity index (χ1n) is 6.25. The lowest BCUT2D eigenvalue weighted by atomic mass is 9.80. The molecule has 1 aromatic rings. The normalized spacial score (nSPS) is 15.6. The van der Waals surface area contributed by atoms with Crippen molar-refractivity contribution < 1.29 is 9.59 Å². The molecule has 96 valence electrons. The van der Waals surface area contributed by atoms with Crippen LogP contribution in [-0.4, -0.2) is 18.7 Å². The minimum absolute atomic E-state index is 0.154. The summed E-state index contributed by atoms with van der Waals surface area (Å²) in [5.74, 6) is 0.309. The van der Waals surface area contributed by atoms with Crippen LogP contribution in [0.2, 0.25) is 0 Å². The van der Waals surface area contributed by atoms with E-state index >= 15 is 0 Å². The first-order chi connectivity index (χ1) is 8.34. The van der Waals surface area contributed by atoms with Gasteiger partial charge >= 0.3 is 0 Å². The van der Waals surface area contributed by atoms with Crippen molar-refractivity contribution in [1.29, 1.82) is 0 Å². The molecule has 0 fully saturated rings. The van der Waals surface area contributed by atoms with Gasteiger partial charge in [-0.25, -0.2) is 0 Å². The lowest BCUT2D eigenvalue weighted by Gasteiger charge is -2.29. The number of rotatable bonds is 2. The predicted molar refractivity (Wildman–Crippen MR) is 71.9 cm³/mol. The van der Waals surface area contributed by atoms with Crippen LogP contribution >= 0.6 is 0 Å². The number of carbonyl (C=O) groups excluding carboxylic acids is 2. The number of Topliss-reactive ketones (excluding diaryl/α,β-unsaturated/α-hetero) is 1. The lowest BCUT2D eigenvalue weighted by Crippen LogP contribution is -2.32. The maximum atomic E-state index is 11.7. The average Bonchev–Trinajstić information content (AvgIpc) is 2.33. The van der Waals surface area contributed by atoms with Crippen molar-refractivity contribution >= 4 is 17.4 Å². The molecule has 2 rings (SSSR count). The summed E-state index contributed by atoms with van der Waals surface area (Å²) in [5, 5.41) is 0. The fraction of sp³-hybridized carbons (Fsp3) is 0.467. The molecule has 1 aromatic carbocycles. The molecule has 0 N–H and O–H groups in total.